The number of hydrogen-bond donors (Lipinski definition) is 1. The van der Waals surface area contributed by atoms with Gasteiger partial charge in [0.2, 0.25) is 5.91 Å². The highest BCUT2D eigenvalue weighted by atomic mass is 32.2. The first kappa shape index (κ1) is 32.1. The molecule has 0 aromatic heterocycles. The molecule has 230 valence electrons. The van der Waals surface area contributed by atoms with E-state index in [4.69, 9.17) is 4.74 Å². The highest BCUT2D eigenvalue weighted by Gasteiger charge is 2.76. The van der Waals surface area contributed by atoms with Crippen LogP contribution < -0.4 is 9.80 Å². The van der Waals surface area contributed by atoms with Crippen molar-refractivity contribution in [3.8, 4) is 0 Å². The number of fused-ring (bicyclic) bond motifs is 1. The normalized spacial score (nSPS) is 27.6. The first-order valence-corrected chi connectivity index (χ1v) is 16.3. The fourth-order valence-electron chi connectivity index (χ4n) is 7.23. The van der Waals surface area contributed by atoms with Crippen molar-refractivity contribution in [3.05, 3.63) is 49.6 Å². The number of benzene rings is 1. The van der Waals surface area contributed by atoms with Crippen molar-refractivity contribution in [2.45, 2.75) is 68.9 Å². The molecule has 0 aliphatic carbocycles. The highest BCUT2D eigenvalue weighted by Crippen LogP contribution is 2.68. The average molecular weight is 598 g/mol. The maximum atomic E-state index is 14.7. The summed E-state index contributed by atoms with van der Waals surface area (Å²) >= 11 is 1.66. The molecule has 2 amide bonds. The van der Waals surface area contributed by atoms with Gasteiger partial charge in [-0.15, -0.1) is 24.9 Å². The van der Waals surface area contributed by atoms with Crippen LogP contribution in [0.25, 0.3) is 0 Å². The van der Waals surface area contributed by atoms with Gasteiger partial charge in [-0.25, -0.2) is 0 Å². The number of hydrogen-bond acceptors (Lipinski definition) is 7. The maximum Gasteiger partial charge on any atom is 0.310 e. The third kappa shape index (κ3) is 5.74. The summed E-state index contributed by atoms with van der Waals surface area (Å²) in [6.45, 7) is 16.7. The molecule has 4 rings (SSSR count). The molecule has 3 saturated heterocycles. The van der Waals surface area contributed by atoms with Gasteiger partial charge in [0.05, 0.1) is 23.2 Å². The molecule has 6 atom stereocenters. The molecule has 1 aromatic carbocycles. The summed E-state index contributed by atoms with van der Waals surface area (Å²) in [5.41, 5.74) is 1.84. The predicted octanol–water partition coefficient (Wildman–Crippen LogP) is 4.67. The molecule has 0 saturated carbocycles. The Balaban J connectivity index is 1.70. The van der Waals surface area contributed by atoms with E-state index in [1.165, 1.54) is 0 Å². The Morgan fingerprint density at radius 1 is 1.12 bits per heavy atom. The molecule has 0 radical (unpaired) electrons. The monoisotopic (exact) mass is 597 g/mol. The van der Waals surface area contributed by atoms with E-state index in [-0.39, 0.29) is 35.6 Å². The lowest BCUT2D eigenvalue weighted by molar-refractivity contribution is -0.154. The molecule has 2 bridgehead atoms. The van der Waals surface area contributed by atoms with E-state index in [1.54, 1.807) is 33.7 Å². The van der Waals surface area contributed by atoms with Gasteiger partial charge >= 0.3 is 5.97 Å². The Labute approximate surface area is 255 Å². The zero-order valence-electron chi connectivity index (χ0n) is 25.4. The standard InChI is InChI=1S/C33H47N3O5S/c1-6-10-13-21-41-32(40)27-26-22-23(5)33(42-26)28(27)30(38)36(19-11-12-20-37)29(33)31(39)35(18-7-2)25-16-14-24(15-17-25)34(8-3)9-4/h6-7,14-17,23,26-29,37H,1-2,8-13,18-22H2,3-5H3/t23?,26-,27+,28+,29?,33?/m1/s1. The quantitative estimate of drug-likeness (QED) is 0.168. The van der Waals surface area contributed by atoms with Crippen LogP contribution in [-0.2, 0) is 19.1 Å². The Bertz CT molecular complexity index is 1140. The minimum Gasteiger partial charge on any atom is -0.465 e. The summed E-state index contributed by atoms with van der Waals surface area (Å²) in [6.07, 6.45) is 6.83. The van der Waals surface area contributed by atoms with Gasteiger partial charge in [0.25, 0.3) is 5.91 Å². The van der Waals surface area contributed by atoms with Gasteiger partial charge in [-0.05, 0) is 76.1 Å². The third-order valence-electron chi connectivity index (χ3n) is 9.22. The van der Waals surface area contributed by atoms with Gasteiger partial charge in [0.1, 0.15) is 6.04 Å². The highest BCUT2D eigenvalue weighted by molar-refractivity contribution is 8.02. The Hall–Kier alpha value is -2.78. The summed E-state index contributed by atoms with van der Waals surface area (Å²) in [5.74, 6) is -1.73. The molecule has 1 spiro atoms. The second kappa shape index (κ2) is 14.1. The van der Waals surface area contributed by atoms with Crippen LogP contribution in [0.15, 0.2) is 49.6 Å². The van der Waals surface area contributed by atoms with Gasteiger partial charge < -0.3 is 24.5 Å². The van der Waals surface area contributed by atoms with Crippen LogP contribution >= 0.6 is 11.8 Å². The van der Waals surface area contributed by atoms with Crippen LogP contribution in [0.4, 0.5) is 11.4 Å². The van der Waals surface area contributed by atoms with E-state index in [9.17, 15) is 19.5 Å². The second-order valence-electron chi connectivity index (χ2n) is 11.5. The fraction of sp³-hybridized carbons (Fsp3) is 0.606. The van der Waals surface area contributed by atoms with Gasteiger partial charge in [-0.2, -0.15) is 0 Å². The molecule has 3 fully saturated rings. The number of nitrogens with zero attached hydrogens (tertiary/aromatic N) is 3. The maximum absolute atomic E-state index is 14.7. The Kier molecular flexibility index (Phi) is 10.8. The lowest BCUT2D eigenvalue weighted by Crippen LogP contribution is -2.57. The van der Waals surface area contributed by atoms with Crippen molar-refractivity contribution >= 4 is 40.9 Å². The summed E-state index contributed by atoms with van der Waals surface area (Å²) in [6, 6.07) is 7.26. The van der Waals surface area contributed by atoms with Gasteiger partial charge in [0, 0.05) is 49.4 Å². The Morgan fingerprint density at radius 2 is 1.81 bits per heavy atom. The molecule has 1 aromatic rings. The number of unbranched alkanes of at least 4 members (excludes halogenated alkanes) is 2. The Morgan fingerprint density at radius 3 is 2.43 bits per heavy atom. The lowest BCUT2D eigenvalue weighted by atomic mass is 9.66. The fourth-order valence-corrected chi connectivity index (χ4v) is 9.63. The van der Waals surface area contributed by atoms with Crippen molar-refractivity contribution in [1.82, 2.24) is 4.90 Å². The molecule has 42 heavy (non-hydrogen) atoms. The summed E-state index contributed by atoms with van der Waals surface area (Å²) in [7, 11) is 0. The molecule has 3 heterocycles. The zero-order chi connectivity index (χ0) is 30.4. The van der Waals surface area contributed by atoms with Gasteiger partial charge in [-0.1, -0.05) is 19.1 Å². The van der Waals surface area contributed by atoms with E-state index in [2.05, 4.69) is 38.8 Å². The zero-order valence-corrected chi connectivity index (χ0v) is 26.2. The molecule has 1 N–H and O–H groups in total. The number of carbonyl (C=O) groups is 3. The van der Waals surface area contributed by atoms with Gasteiger partial charge in [-0.3, -0.25) is 14.4 Å². The van der Waals surface area contributed by atoms with Crippen LogP contribution in [0.5, 0.6) is 0 Å². The molecule has 9 heteroatoms. The van der Waals surface area contributed by atoms with E-state index in [0.717, 1.165) is 37.3 Å². The summed E-state index contributed by atoms with van der Waals surface area (Å²) < 4.78 is 4.97. The van der Waals surface area contributed by atoms with E-state index in [1.807, 2.05) is 24.3 Å². The largest absolute Gasteiger partial charge is 0.465 e. The van der Waals surface area contributed by atoms with Crippen molar-refractivity contribution in [1.29, 1.82) is 0 Å². The van der Waals surface area contributed by atoms with Crippen molar-refractivity contribution in [2.75, 3.05) is 49.2 Å². The number of rotatable bonds is 16. The smallest absolute Gasteiger partial charge is 0.310 e. The number of carbonyl (C=O) groups excluding carboxylic acids is 3. The number of esters is 1. The van der Waals surface area contributed by atoms with Crippen LogP contribution in [0.2, 0.25) is 0 Å². The summed E-state index contributed by atoms with van der Waals surface area (Å²) in [4.78, 5) is 48.1. The van der Waals surface area contributed by atoms with Crippen molar-refractivity contribution in [3.63, 3.8) is 0 Å². The molecule has 3 unspecified atom stereocenters. The number of anilines is 2. The molecule has 8 nitrogen and oxygen atoms in total. The van der Waals surface area contributed by atoms with Crippen LogP contribution in [0, 0.1) is 17.8 Å². The first-order valence-electron chi connectivity index (χ1n) is 15.4. The number of amides is 2. The first-order chi connectivity index (χ1) is 20.3. The number of likely N-dealkylation sites (tertiary alicyclic amines) is 1. The van der Waals surface area contributed by atoms with Crippen LogP contribution in [-0.4, -0.2) is 83.2 Å². The second-order valence-corrected chi connectivity index (χ2v) is 13.1. The molecular formula is C33H47N3O5S. The van der Waals surface area contributed by atoms with Crippen LogP contribution in [0.3, 0.4) is 0 Å². The minimum absolute atomic E-state index is 0.0174. The van der Waals surface area contributed by atoms with E-state index >= 15 is 0 Å². The number of aliphatic hydroxyl groups is 1. The van der Waals surface area contributed by atoms with E-state index in [0.29, 0.717) is 39.0 Å². The number of thioether (sulfide) groups is 1. The average Bonchev–Trinajstić information content (AvgIpc) is 3.58. The third-order valence-corrected chi connectivity index (χ3v) is 11.3. The van der Waals surface area contributed by atoms with Gasteiger partial charge in [0.15, 0.2) is 0 Å². The summed E-state index contributed by atoms with van der Waals surface area (Å²) in [5, 5.41) is 9.40. The number of allylic oxidation sites excluding steroid dienone is 1. The SMILES string of the molecule is C=CCCCOC(=O)[C@@H]1[C@H]2C(=O)N(CCCCO)C(C(=O)N(CC=C)c3ccc(N(CC)CC)cc3)C23S[C@@H]1CC3C. The molecule has 3 aliphatic heterocycles. The molecular weight excluding hydrogens is 550 g/mol. The van der Waals surface area contributed by atoms with Crippen molar-refractivity contribution in [2.24, 2.45) is 17.8 Å². The number of ether oxygens (including phenoxy) is 1. The predicted molar refractivity (Wildman–Crippen MR) is 170 cm³/mol. The number of aliphatic hydroxyl groups excluding tert-OH is 1. The minimum atomic E-state index is -0.723. The van der Waals surface area contributed by atoms with Crippen molar-refractivity contribution < 1.29 is 24.2 Å². The topological polar surface area (TPSA) is 90.4 Å². The van der Waals surface area contributed by atoms with Crippen LogP contribution in [0.1, 0.15) is 52.9 Å². The molecule has 3 aliphatic rings. The lowest BCUT2D eigenvalue weighted by Gasteiger charge is -2.40. The van der Waals surface area contributed by atoms with E-state index < -0.39 is 22.6 Å².